The Bertz CT molecular complexity index is 746. The van der Waals surface area contributed by atoms with Crippen LogP contribution < -0.4 is 15.2 Å². The second kappa shape index (κ2) is 6.32. The van der Waals surface area contributed by atoms with Crippen molar-refractivity contribution >= 4 is 0 Å². The Morgan fingerprint density at radius 2 is 1.92 bits per heavy atom. The van der Waals surface area contributed by atoms with E-state index in [-0.39, 0.29) is 23.8 Å². The summed E-state index contributed by atoms with van der Waals surface area (Å²) >= 11 is 0. The summed E-state index contributed by atoms with van der Waals surface area (Å²) in [6, 6.07) is 8.07. The molecule has 0 unspecified atom stereocenters. The average molecular weight is 341 g/mol. The number of hydrogen-bond acceptors (Lipinski definition) is 3. The molecule has 0 amide bonds. The van der Waals surface area contributed by atoms with Gasteiger partial charge in [-0.25, -0.2) is 4.39 Å². The third kappa shape index (κ3) is 3.46. The molecule has 0 spiro atoms. The molecule has 128 valence electrons. The molecule has 2 N–H and O–H groups in total. The molecule has 0 fully saturated rings. The monoisotopic (exact) mass is 341 g/mol. The minimum absolute atomic E-state index is 0.114. The van der Waals surface area contributed by atoms with Crippen molar-refractivity contribution in [2.75, 3.05) is 6.54 Å². The van der Waals surface area contributed by atoms with Crippen molar-refractivity contribution in [2.24, 2.45) is 5.73 Å². The molecule has 1 aliphatic heterocycles. The van der Waals surface area contributed by atoms with Crippen LogP contribution in [0.1, 0.15) is 12.0 Å². The summed E-state index contributed by atoms with van der Waals surface area (Å²) < 4.78 is 61.7. The fraction of sp³-hybridized carbons (Fsp3) is 0.294. The van der Waals surface area contributed by atoms with E-state index in [1.165, 1.54) is 24.3 Å². The third-order valence-corrected chi connectivity index (χ3v) is 3.82. The topological polar surface area (TPSA) is 44.5 Å². The predicted molar refractivity (Wildman–Crippen MR) is 80.3 cm³/mol. The maximum atomic E-state index is 13.9. The van der Waals surface area contributed by atoms with E-state index in [9.17, 15) is 17.6 Å². The van der Waals surface area contributed by atoms with Crippen LogP contribution >= 0.6 is 0 Å². The average Bonchev–Trinajstić information content (AvgIpc) is 2.53. The van der Waals surface area contributed by atoms with E-state index >= 15 is 0 Å². The molecule has 7 heteroatoms. The lowest BCUT2D eigenvalue weighted by atomic mass is 9.95. The second-order valence-electron chi connectivity index (χ2n) is 5.50. The van der Waals surface area contributed by atoms with Gasteiger partial charge in [0.1, 0.15) is 23.4 Å². The van der Waals surface area contributed by atoms with Crippen molar-refractivity contribution in [3.63, 3.8) is 0 Å². The molecule has 1 heterocycles. The molecule has 3 rings (SSSR count). The van der Waals surface area contributed by atoms with Gasteiger partial charge in [0.25, 0.3) is 0 Å². The maximum Gasteiger partial charge on any atom is 0.573 e. The molecule has 24 heavy (non-hydrogen) atoms. The summed E-state index contributed by atoms with van der Waals surface area (Å²) in [5.74, 6) is -0.590. The maximum absolute atomic E-state index is 13.9. The first-order valence-corrected chi connectivity index (χ1v) is 7.41. The van der Waals surface area contributed by atoms with Gasteiger partial charge >= 0.3 is 6.36 Å². The summed E-state index contributed by atoms with van der Waals surface area (Å²) in [6.07, 6.45) is -3.92. The van der Waals surface area contributed by atoms with Crippen LogP contribution in [0.3, 0.4) is 0 Å². The van der Waals surface area contributed by atoms with E-state index in [2.05, 4.69) is 4.74 Å². The highest BCUT2D eigenvalue weighted by molar-refractivity contribution is 5.77. The highest BCUT2D eigenvalue weighted by atomic mass is 19.4. The normalized spacial score (nSPS) is 17.1. The van der Waals surface area contributed by atoms with Crippen molar-refractivity contribution in [1.82, 2.24) is 0 Å². The molecule has 0 saturated carbocycles. The summed E-state index contributed by atoms with van der Waals surface area (Å²) in [4.78, 5) is 0. The van der Waals surface area contributed by atoms with E-state index < -0.39 is 17.9 Å². The summed E-state index contributed by atoms with van der Waals surface area (Å²) in [6.45, 7) is 0.275. The lowest BCUT2D eigenvalue weighted by Crippen LogP contribution is -2.30. The Labute approximate surface area is 136 Å². The van der Waals surface area contributed by atoms with Crippen molar-refractivity contribution in [3.8, 4) is 22.6 Å². The van der Waals surface area contributed by atoms with Gasteiger partial charge in [0.15, 0.2) is 0 Å². The molecule has 2 aromatic rings. The third-order valence-electron chi connectivity index (χ3n) is 3.82. The second-order valence-corrected chi connectivity index (χ2v) is 5.50. The molecule has 0 saturated heterocycles. The molecular formula is C17H15F4NO2. The molecule has 1 aliphatic rings. The van der Waals surface area contributed by atoms with Crippen LogP contribution in [0.4, 0.5) is 17.6 Å². The van der Waals surface area contributed by atoms with E-state index in [4.69, 9.17) is 10.5 Å². The van der Waals surface area contributed by atoms with Crippen LogP contribution in [0, 0.1) is 5.82 Å². The zero-order chi connectivity index (χ0) is 17.3. The summed E-state index contributed by atoms with van der Waals surface area (Å²) in [5, 5.41) is 0. The highest BCUT2D eigenvalue weighted by Crippen LogP contribution is 2.43. The van der Waals surface area contributed by atoms with Gasteiger partial charge in [-0.2, -0.15) is 0 Å². The zero-order valence-electron chi connectivity index (χ0n) is 12.6. The zero-order valence-corrected chi connectivity index (χ0v) is 12.6. The smallest absolute Gasteiger partial charge is 0.488 e. The number of ether oxygens (including phenoxy) is 2. The number of para-hydroxylation sites is 1. The largest absolute Gasteiger partial charge is 0.573 e. The van der Waals surface area contributed by atoms with Gasteiger partial charge in [-0.15, -0.1) is 13.2 Å². The van der Waals surface area contributed by atoms with Crippen molar-refractivity contribution in [3.05, 3.63) is 47.8 Å². The van der Waals surface area contributed by atoms with E-state index in [0.29, 0.717) is 24.2 Å². The lowest BCUT2D eigenvalue weighted by Gasteiger charge is -2.27. The highest BCUT2D eigenvalue weighted by Gasteiger charge is 2.33. The lowest BCUT2D eigenvalue weighted by molar-refractivity contribution is -0.274. The first kappa shape index (κ1) is 16.6. The van der Waals surface area contributed by atoms with Crippen molar-refractivity contribution in [1.29, 1.82) is 0 Å². The fourth-order valence-corrected chi connectivity index (χ4v) is 2.79. The van der Waals surface area contributed by atoms with Gasteiger partial charge in [0, 0.05) is 17.7 Å². The van der Waals surface area contributed by atoms with E-state index in [1.54, 1.807) is 6.07 Å². The number of halogens is 4. The molecule has 0 aromatic heterocycles. The van der Waals surface area contributed by atoms with Crippen LogP contribution in [0.5, 0.6) is 11.5 Å². The molecule has 0 radical (unpaired) electrons. The van der Waals surface area contributed by atoms with Crippen LogP contribution in [-0.4, -0.2) is 19.0 Å². The fourth-order valence-electron chi connectivity index (χ4n) is 2.79. The molecule has 0 aliphatic carbocycles. The number of nitrogens with two attached hydrogens (primary N) is 1. The summed E-state index contributed by atoms with van der Waals surface area (Å²) in [5.41, 5.74) is 6.57. The van der Waals surface area contributed by atoms with Gasteiger partial charge < -0.3 is 15.2 Å². The van der Waals surface area contributed by atoms with E-state index in [0.717, 1.165) is 6.07 Å². The Kier molecular flexibility index (Phi) is 4.36. The molecular weight excluding hydrogens is 326 g/mol. The van der Waals surface area contributed by atoms with Gasteiger partial charge in [-0.3, -0.25) is 0 Å². The van der Waals surface area contributed by atoms with Crippen LogP contribution in [-0.2, 0) is 6.42 Å². The van der Waals surface area contributed by atoms with Gasteiger partial charge in [0.2, 0.25) is 0 Å². The molecule has 2 aromatic carbocycles. The number of benzene rings is 2. The SMILES string of the molecule is NC[C@H]1CCc2cc(F)cc(-c3ccccc3OC(F)(F)F)c2O1. The number of alkyl halides is 3. The van der Waals surface area contributed by atoms with Gasteiger partial charge in [0.05, 0.1) is 0 Å². The van der Waals surface area contributed by atoms with E-state index in [1.807, 2.05) is 0 Å². The predicted octanol–water partition coefficient (Wildman–Crippen LogP) is 4.04. The first-order valence-electron chi connectivity index (χ1n) is 7.41. The Hall–Kier alpha value is -2.28. The number of fused-ring (bicyclic) bond motifs is 1. The molecule has 3 nitrogen and oxygen atoms in total. The molecule has 1 atom stereocenters. The van der Waals surface area contributed by atoms with Crippen LogP contribution in [0.25, 0.3) is 11.1 Å². The quantitative estimate of drug-likeness (QED) is 0.857. The number of hydrogen-bond donors (Lipinski definition) is 1. The minimum atomic E-state index is -4.84. The number of aryl methyl sites for hydroxylation is 1. The molecule has 0 bridgehead atoms. The Balaban J connectivity index is 2.12. The van der Waals surface area contributed by atoms with Crippen LogP contribution in [0.15, 0.2) is 36.4 Å². The first-order chi connectivity index (χ1) is 11.4. The number of rotatable bonds is 3. The summed E-state index contributed by atoms with van der Waals surface area (Å²) in [7, 11) is 0. The van der Waals surface area contributed by atoms with Crippen molar-refractivity contribution in [2.45, 2.75) is 25.3 Å². The van der Waals surface area contributed by atoms with Gasteiger partial charge in [-0.1, -0.05) is 18.2 Å². The Morgan fingerprint density at radius 3 is 2.62 bits per heavy atom. The standard InChI is InChI=1S/C17H15F4NO2/c18-11-7-10-5-6-12(9-22)23-16(10)14(8-11)13-3-1-2-4-15(13)24-17(19,20)21/h1-4,7-8,12H,5-6,9,22H2/t12-/m1/s1. The Morgan fingerprint density at radius 1 is 1.17 bits per heavy atom. The van der Waals surface area contributed by atoms with Crippen molar-refractivity contribution < 1.29 is 27.0 Å². The van der Waals surface area contributed by atoms with Gasteiger partial charge in [-0.05, 0) is 36.6 Å². The minimum Gasteiger partial charge on any atom is -0.488 e. The van der Waals surface area contributed by atoms with Crippen LogP contribution in [0.2, 0.25) is 0 Å².